The van der Waals surface area contributed by atoms with E-state index in [1.807, 2.05) is 13.8 Å². The molecule has 2 fully saturated rings. The van der Waals surface area contributed by atoms with E-state index in [1.54, 1.807) is 0 Å². The van der Waals surface area contributed by atoms with Gasteiger partial charge in [0.2, 0.25) is 5.91 Å². The fraction of sp³-hybridized carbons (Fsp3) is 0.938. The summed E-state index contributed by atoms with van der Waals surface area (Å²) < 4.78 is 0. The maximum absolute atomic E-state index is 11.9. The lowest BCUT2D eigenvalue weighted by molar-refractivity contribution is -0.123. The van der Waals surface area contributed by atoms with Crippen molar-refractivity contribution in [3.63, 3.8) is 0 Å². The minimum atomic E-state index is -0.0795. The summed E-state index contributed by atoms with van der Waals surface area (Å²) in [5, 5.41) is 10.2. The van der Waals surface area contributed by atoms with Crippen molar-refractivity contribution in [1.82, 2.24) is 16.0 Å². The molecule has 4 unspecified atom stereocenters. The van der Waals surface area contributed by atoms with Gasteiger partial charge in [0.05, 0.1) is 6.04 Å². The number of hydrogen-bond acceptors (Lipinski definition) is 3. The molecule has 4 atom stereocenters. The molecule has 4 nitrogen and oxygen atoms in total. The van der Waals surface area contributed by atoms with E-state index < -0.39 is 0 Å². The van der Waals surface area contributed by atoms with Gasteiger partial charge in [0.25, 0.3) is 0 Å². The number of carbonyl (C=O) groups excluding carboxylic acids is 1. The molecule has 0 aromatic rings. The normalized spacial score (nSPS) is 32.6. The highest BCUT2D eigenvalue weighted by atomic mass is 16.2. The summed E-state index contributed by atoms with van der Waals surface area (Å²) in [7, 11) is 0. The van der Waals surface area contributed by atoms with Gasteiger partial charge in [-0.15, -0.1) is 0 Å². The molecule has 0 aromatic carbocycles. The van der Waals surface area contributed by atoms with Gasteiger partial charge >= 0.3 is 0 Å². The van der Waals surface area contributed by atoms with E-state index in [0.717, 1.165) is 0 Å². The minimum Gasteiger partial charge on any atom is -0.355 e. The van der Waals surface area contributed by atoms with Crippen molar-refractivity contribution in [3.05, 3.63) is 0 Å². The van der Waals surface area contributed by atoms with Gasteiger partial charge in [-0.05, 0) is 52.0 Å². The van der Waals surface area contributed by atoms with E-state index >= 15 is 0 Å². The Labute approximate surface area is 123 Å². The number of nitrogens with one attached hydrogen (secondary N) is 3. The van der Waals surface area contributed by atoms with Crippen LogP contribution in [0.15, 0.2) is 0 Å². The van der Waals surface area contributed by atoms with Crippen LogP contribution in [0.2, 0.25) is 0 Å². The van der Waals surface area contributed by atoms with Crippen molar-refractivity contribution in [2.45, 2.75) is 76.9 Å². The molecule has 4 heteroatoms. The Morgan fingerprint density at radius 2 is 1.95 bits per heavy atom. The molecular weight excluding hydrogens is 250 g/mol. The summed E-state index contributed by atoms with van der Waals surface area (Å²) in [5.74, 6) is 0.828. The highest BCUT2D eigenvalue weighted by Crippen LogP contribution is 2.30. The van der Waals surface area contributed by atoms with Crippen molar-refractivity contribution in [3.8, 4) is 0 Å². The number of carbonyl (C=O) groups is 1. The number of likely N-dealkylation sites (N-methyl/N-ethyl adjacent to an activating group) is 1. The van der Waals surface area contributed by atoms with E-state index in [9.17, 15) is 4.79 Å². The fourth-order valence-corrected chi connectivity index (χ4v) is 3.82. The minimum absolute atomic E-state index is 0.0795. The van der Waals surface area contributed by atoms with E-state index in [4.69, 9.17) is 0 Å². The first kappa shape index (κ1) is 15.8. The molecule has 1 heterocycles. The molecule has 0 spiro atoms. The molecule has 0 radical (unpaired) electrons. The van der Waals surface area contributed by atoms with Crippen LogP contribution in [-0.4, -0.2) is 37.1 Å². The number of amides is 1. The SMILES string of the molecule is CCNC(=O)C(C)NC1CCCCC1C1CCCCN1. The van der Waals surface area contributed by atoms with E-state index in [0.29, 0.717) is 24.5 Å². The Balaban J connectivity index is 1.90. The Morgan fingerprint density at radius 1 is 1.20 bits per heavy atom. The summed E-state index contributed by atoms with van der Waals surface area (Å²) in [5.41, 5.74) is 0. The van der Waals surface area contributed by atoms with Crippen LogP contribution in [0.3, 0.4) is 0 Å². The van der Waals surface area contributed by atoms with Crippen molar-refractivity contribution >= 4 is 5.91 Å². The van der Waals surface area contributed by atoms with Crippen LogP contribution in [-0.2, 0) is 4.79 Å². The van der Waals surface area contributed by atoms with E-state index in [2.05, 4.69) is 16.0 Å². The summed E-state index contributed by atoms with van der Waals surface area (Å²) in [4.78, 5) is 11.9. The van der Waals surface area contributed by atoms with Gasteiger partial charge < -0.3 is 16.0 Å². The van der Waals surface area contributed by atoms with Gasteiger partial charge in [0.15, 0.2) is 0 Å². The van der Waals surface area contributed by atoms with Crippen LogP contribution in [0.25, 0.3) is 0 Å². The third-order valence-electron chi connectivity index (χ3n) is 4.89. The lowest BCUT2D eigenvalue weighted by atomic mass is 9.77. The molecule has 1 aliphatic heterocycles. The quantitative estimate of drug-likeness (QED) is 0.720. The number of hydrogen-bond donors (Lipinski definition) is 3. The molecule has 1 aliphatic carbocycles. The Kier molecular flexibility index (Phi) is 6.30. The van der Waals surface area contributed by atoms with E-state index in [-0.39, 0.29) is 11.9 Å². The van der Waals surface area contributed by atoms with E-state index in [1.165, 1.54) is 51.5 Å². The lowest BCUT2D eigenvalue weighted by Crippen LogP contribution is -2.55. The predicted molar refractivity (Wildman–Crippen MR) is 82.7 cm³/mol. The average molecular weight is 281 g/mol. The van der Waals surface area contributed by atoms with Gasteiger partial charge in [0, 0.05) is 18.6 Å². The summed E-state index contributed by atoms with van der Waals surface area (Å²) in [6, 6.07) is 1.07. The second-order valence-corrected chi connectivity index (χ2v) is 6.39. The highest BCUT2D eigenvalue weighted by Gasteiger charge is 2.33. The zero-order valence-corrected chi connectivity index (χ0v) is 13.1. The summed E-state index contributed by atoms with van der Waals surface area (Å²) in [6.45, 7) is 5.84. The predicted octanol–water partition coefficient (Wildman–Crippen LogP) is 1.80. The molecule has 3 N–H and O–H groups in total. The molecule has 1 amide bonds. The zero-order chi connectivity index (χ0) is 14.4. The van der Waals surface area contributed by atoms with Crippen molar-refractivity contribution in [2.75, 3.05) is 13.1 Å². The first-order valence-electron chi connectivity index (χ1n) is 8.49. The first-order chi connectivity index (χ1) is 9.72. The molecular formula is C16H31N3O. The molecule has 2 rings (SSSR count). The van der Waals surface area contributed by atoms with Gasteiger partial charge in [0.1, 0.15) is 0 Å². The summed E-state index contributed by atoms with van der Waals surface area (Å²) in [6.07, 6.45) is 9.13. The smallest absolute Gasteiger partial charge is 0.236 e. The van der Waals surface area contributed by atoms with Crippen LogP contribution in [0.5, 0.6) is 0 Å². The molecule has 2 aliphatic rings. The largest absolute Gasteiger partial charge is 0.355 e. The van der Waals surface area contributed by atoms with Crippen LogP contribution in [0.4, 0.5) is 0 Å². The van der Waals surface area contributed by atoms with Crippen molar-refractivity contribution in [1.29, 1.82) is 0 Å². The third-order valence-corrected chi connectivity index (χ3v) is 4.89. The molecule has 0 aromatic heterocycles. The number of rotatable bonds is 5. The molecule has 0 bridgehead atoms. The topological polar surface area (TPSA) is 53.2 Å². The monoisotopic (exact) mass is 281 g/mol. The van der Waals surface area contributed by atoms with Crippen molar-refractivity contribution in [2.24, 2.45) is 5.92 Å². The second-order valence-electron chi connectivity index (χ2n) is 6.39. The van der Waals surface area contributed by atoms with Gasteiger partial charge in [-0.25, -0.2) is 0 Å². The Bertz CT molecular complexity index is 302. The Hall–Kier alpha value is -0.610. The average Bonchev–Trinajstić information content (AvgIpc) is 2.49. The number of piperidine rings is 1. The van der Waals surface area contributed by atoms with Crippen LogP contribution < -0.4 is 16.0 Å². The molecule has 116 valence electrons. The highest BCUT2D eigenvalue weighted by molar-refractivity contribution is 5.81. The van der Waals surface area contributed by atoms with Gasteiger partial charge in [-0.2, -0.15) is 0 Å². The third kappa shape index (κ3) is 4.19. The molecule has 1 saturated heterocycles. The first-order valence-corrected chi connectivity index (χ1v) is 8.49. The van der Waals surface area contributed by atoms with Gasteiger partial charge in [-0.3, -0.25) is 4.79 Å². The summed E-state index contributed by atoms with van der Waals surface area (Å²) >= 11 is 0. The maximum atomic E-state index is 11.9. The fourth-order valence-electron chi connectivity index (χ4n) is 3.82. The Morgan fingerprint density at radius 3 is 2.65 bits per heavy atom. The maximum Gasteiger partial charge on any atom is 0.236 e. The van der Waals surface area contributed by atoms with Crippen molar-refractivity contribution < 1.29 is 4.79 Å². The van der Waals surface area contributed by atoms with Crippen LogP contribution >= 0.6 is 0 Å². The standard InChI is InChI=1S/C16H31N3O/c1-3-17-16(20)12(2)19-15-10-5-4-8-13(15)14-9-6-7-11-18-14/h12-15,18-19H,3-11H2,1-2H3,(H,17,20). The van der Waals surface area contributed by atoms with Gasteiger partial charge in [-0.1, -0.05) is 19.3 Å². The molecule has 20 heavy (non-hydrogen) atoms. The van der Waals surface area contributed by atoms with Crippen LogP contribution in [0.1, 0.15) is 58.8 Å². The van der Waals surface area contributed by atoms with Crippen LogP contribution in [0, 0.1) is 5.92 Å². The second kappa shape index (κ2) is 7.99. The zero-order valence-electron chi connectivity index (χ0n) is 13.1. The molecule has 1 saturated carbocycles. The lowest BCUT2D eigenvalue weighted by Gasteiger charge is -2.40.